The fraction of sp³-hybridized carbons (Fsp3) is 0.227. The van der Waals surface area contributed by atoms with Gasteiger partial charge in [0.1, 0.15) is 23.0 Å². The Morgan fingerprint density at radius 1 is 1.16 bits per heavy atom. The van der Waals surface area contributed by atoms with E-state index in [0.29, 0.717) is 23.6 Å². The molecule has 2 aromatic carbocycles. The SMILES string of the molecule is CCC(Oc1ccc(=O)n(-c2ccc(F)cc2)n1)C(=O)Nc1c(Cl)cc(OC)cc1OC. The Morgan fingerprint density at radius 2 is 1.88 bits per heavy atom. The van der Waals surface area contributed by atoms with E-state index in [2.05, 4.69) is 10.4 Å². The van der Waals surface area contributed by atoms with Gasteiger partial charge in [-0.2, -0.15) is 4.68 Å². The molecule has 0 spiro atoms. The molecular weight excluding hydrogens is 441 g/mol. The van der Waals surface area contributed by atoms with Crippen molar-refractivity contribution in [2.75, 3.05) is 19.5 Å². The summed E-state index contributed by atoms with van der Waals surface area (Å²) in [6, 6.07) is 11.0. The summed E-state index contributed by atoms with van der Waals surface area (Å²) < 4.78 is 30.4. The maximum atomic E-state index is 13.2. The Bertz CT molecular complexity index is 1170. The Morgan fingerprint density at radius 3 is 2.50 bits per heavy atom. The van der Waals surface area contributed by atoms with E-state index in [4.69, 9.17) is 25.8 Å². The van der Waals surface area contributed by atoms with E-state index in [1.54, 1.807) is 19.1 Å². The largest absolute Gasteiger partial charge is 0.497 e. The molecule has 10 heteroatoms. The van der Waals surface area contributed by atoms with E-state index in [9.17, 15) is 14.0 Å². The van der Waals surface area contributed by atoms with Crippen LogP contribution in [0.3, 0.4) is 0 Å². The number of carbonyl (C=O) groups excluding carboxylic acids is 1. The van der Waals surface area contributed by atoms with Crippen molar-refractivity contribution >= 4 is 23.2 Å². The lowest BCUT2D eigenvalue weighted by atomic mass is 10.2. The summed E-state index contributed by atoms with van der Waals surface area (Å²) in [4.78, 5) is 25.0. The van der Waals surface area contributed by atoms with Gasteiger partial charge in [-0.15, -0.1) is 5.10 Å². The zero-order valence-electron chi connectivity index (χ0n) is 17.6. The summed E-state index contributed by atoms with van der Waals surface area (Å²) in [5.41, 5.74) is 0.191. The molecule has 0 radical (unpaired) electrons. The summed E-state index contributed by atoms with van der Waals surface area (Å²) in [5, 5.41) is 7.07. The molecule has 1 aromatic heterocycles. The van der Waals surface area contributed by atoms with E-state index >= 15 is 0 Å². The number of nitrogens with one attached hydrogen (secondary N) is 1. The van der Waals surface area contributed by atoms with Crippen molar-refractivity contribution in [3.63, 3.8) is 0 Å². The van der Waals surface area contributed by atoms with Gasteiger partial charge in [0.15, 0.2) is 6.10 Å². The van der Waals surface area contributed by atoms with Gasteiger partial charge < -0.3 is 19.5 Å². The lowest BCUT2D eigenvalue weighted by Crippen LogP contribution is -2.33. The van der Waals surface area contributed by atoms with Gasteiger partial charge in [0, 0.05) is 24.3 Å². The summed E-state index contributed by atoms with van der Waals surface area (Å²) in [7, 11) is 2.93. The molecule has 0 aliphatic heterocycles. The van der Waals surface area contributed by atoms with Crippen LogP contribution in [-0.4, -0.2) is 36.0 Å². The van der Waals surface area contributed by atoms with Gasteiger partial charge in [-0.25, -0.2) is 4.39 Å². The van der Waals surface area contributed by atoms with Crippen molar-refractivity contribution < 1.29 is 23.4 Å². The van der Waals surface area contributed by atoms with E-state index in [1.807, 2.05) is 0 Å². The molecule has 168 valence electrons. The second-order valence-electron chi connectivity index (χ2n) is 6.59. The van der Waals surface area contributed by atoms with Gasteiger partial charge in [0.05, 0.1) is 24.9 Å². The van der Waals surface area contributed by atoms with Crippen molar-refractivity contribution in [1.82, 2.24) is 9.78 Å². The smallest absolute Gasteiger partial charge is 0.271 e. The highest BCUT2D eigenvalue weighted by Gasteiger charge is 2.23. The Kier molecular flexibility index (Phi) is 7.32. The number of hydrogen-bond donors (Lipinski definition) is 1. The third-order valence-electron chi connectivity index (χ3n) is 4.50. The zero-order chi connectivity index (χ0) is 23.3. The maximum absolute atomic E-state index is 13.2. The number of hydrogen-bond acceptors (Lipinski definition) is 6. The van der Waals surface area contributed by atoms with Gasteiger partial charge in [0.2, 0.25) is 5.88 Å². The minimum atomic E-state index is -0.940. The first-order valence-corrected chi connectivity index (χ1v) is 9.99. The monoisotopic (exact) mass is 461 g/mol. The fourth-order valence-corrected chi connectivity index (χ4v) is 3.10. The number of amides is 1. The zero-order valence-corrected chi connectivity index (χ0v) is 18.4. The number of aromatic nitrogens is 2. The van der Waals surface area contributed by atoms with Crippen LogP contribution in [0.1, 0.15) is 13.3 Å². The van der Waals surface area contributed by atoms with Crippen LogP contribution in [0.25, 0.3) is 5.69 Å². The Balaban J connectivity index is 1.83. The second kappa shape index (κ2) is 10.1. The third kappa shape index (κ3) is 5.17. The quantitative estimate of drug-likeness (QED) is 0.548. The van der Waals surface area contributed by atoms with Gasteiger partial charge in [-0.3, -0.25) is 9.59 Å². The number of carbonyl (C=O) groups is 1. The van der Waals surface area contributed by atoms with Crippen LogP contribution < -0.4 is 25.1 Å². The van der Waals surface area contributed by atoms with Gasteiger partial charge in [0.25, 0.3) is 11.5 Å². The highest BCUT2D eigenvalue weighted by molar-refractivity contribution is 6.34. The maximum Gasteiger partial charge on any atom is 0.271 e. The predicted molar refractivity (Wildman–Crippen MR) is 118 cm³/mol. The molecule has 0 aliphatic carbocycles. The van der Waals surface area contributed by atoms with Crippen molar-refractivity contribution in [3.05, 3.63) is 69.7 Å². The molecule has 0 saturated heterocycles. The van der Waals surface area contributed by atoms with Crippen LogP contribution in [-0.2, 0) is 4.79 Å². The molecule has 0 aliphatic rings. The van der Waals surface area contributed by atoms with Crippen LogP contribution in [0.5, 0.6) is 17.4 Å². The molecule has 1 N–H and O–H groups in total. The summed E-state index contributed by atoms with van der Waals surface area (Å²) in [5.74, 6) is -0.0895. The first kappa shape index (κ1) is 23.1. The Hall–Kier alpha value is -3.59. The minimum absolute atomic E-state index is 0.0451. The standard InChI is InChI=1S/C22H21ClFN3O5/c1-4-17(22(29)25-21-16(23)11-15(30-2)12-18(21)31-3)32-19-9-10-20(28)27(26-19)14-7-5-13(24)6-8-14/h5-12,17H,4H2,1-3H3,(H,25,29). The third-order valence-corrected chi connectivity index (χ3v) is 4.80. The normalized spacial score (nSPS) is 11.5. The molecule has 1 amide bonds. The topological polar surface area (TPSA) is 91.7 Å². The molecule has 1 unspecified atom stereocenters. The number of nitrogens with zero attached hydrogens (tertiary/aromatic N) is 2. The molecule has 32 heavy (non-hydrogen) atoms. The molecule has 3 aromatic rings. The molecule has 1 heterocycles. The molecule has 1 atom stereocenters. The number of halogens is 2. The van der Waals surface area contributed by atoms with Crippen molar-refractivity contribution in [3.8, 4) is 23.1 Å². The predicted octanol–water partition coefficient (Wildman–Crippen LogP) is 3.84. The average Bonchev–Trinajstić information content (AvgIpc) is 2.80. The second-order valence-corrected chi connectivity index (χ2v) is 7.00. The lowest BCUT2D eigenvalue weighted by Gasteiger charge is -2.19. The summed E-state index contributed by atoms with van der Waals surface area (Å²) in [6.45, 7) is 1.76. The van der Waals surface area contributed by atoms with Gasteiger partial charge in [-0.1, -0.05) is 18.5 Å². The number of rotatable bonds is 8. The molecule has 8 nitrogen and oxygen atoms in total. The fourth-order valence-electron chi connectivity index (χ4n) is 2.85. The van der Waals surface area contributed by atoms with E-state index in [1.165, 1.54) is 50.6 Å². The number of ether oxygens (including phenoxy) is 3. The highest BCUT2D eigenvalue weighted by Crippen LogP contribution is 2.37. The molecule has 0 bridgehead atoms. The van der Waals surface area contributed by atoms with E-state index in [-0.39, 0.29) is 16.6 Å². The highest BCUT2D eigenvalue weighted by atomic mass is 35.5. The molecule has 3 rings (SSSR count). The average molecular weight is 462 g/mol. The van der Waals surface area contributed by atoms with Gasteiger partial charge in [-0.05, 0) is 30.7 Å². The number of anilines is 1. The minimum Gasteiger partial charge on any atom is -0.497 e. The van der Waals surface area contributed by atoms with Crippen molar-refractivity contribution in [2.45, 2.75) is 19.4 Å². The van der Waals surface area contributed by atoms with Crippen molar-refractivity contribution in [1.29, 1.82) is 0 Å². The summed E-state index contributed by atoms with van der Waals surface area (Å²) in [6.07, 6.45) is -0.635. The van der Waals surface area contributed by atoms with Crippen LogP contribution in [0.2, 0.25) is 5.02 Å². The number of methoxy groups -OCH3 is 2. The van der Waals surface area contributed by atoms with E-state index < -0.39 is 23.4 Å². The first-order valence-electron chi connectivity index (χ1n) is 9.61. The van der Waals surface area contributed by atoms with Crippen LogP contribution in [0, 0.1) is 5.82 Å². The molecule has 0 fully saturated rings. The lowest BCUT2D eigenvalue weighted by molar-refractivity contribution is -0.123. The Labute approximate surface area is 188 Å². The van der Waals surface area contributed by atoms with Crippen LogP contribution in [0.4, 0.5) is 10.1 Å². The van der Waals surface area contributed by atoms with Gasteiger partial charge >= 0.3 is 0 Å². The van der Waals surface area contributed by atoms with Crippen LogP contribution in [0.15, 0.2) is 53.3 Å². The van der Waals surface area contributed by atoms with Crippen LogP contribution >= 0.6 is 11.6 Å². The molecule has 0 saturated carbocycles. The summed E-state index contributed by atoms with van der Waals surface area (Å²) >= 11 is 6.27. The number of benzene rings is 2. The first-order chi connectivity index (χ1) is 15.4. The van der Waals surface area contributed by atoms with E-state index in [0.717, 1.165) is 4.68 Å². The van der Waals surface area contributed by atoms with Crippen molar-refractivity contribution in [2.24, 2.45) is 0 Å². The molecular formula is C22H21ClFN3O5.